The Kier molecular flexibility index (Phi) is 3.07. The summed E-state index contributed by atoms with van der Waals surface area (Å²) in [5.41, 5.74) is 5.83. The van der Waals surface area contributed by atoms with Crippen LogP contribution in [-0.4, -0.2) is 10.3 Å². The molecule has 0 bridgehead atoms. The molecule has 0 amide bonds. The van der Waals surface area contributed by atoms with Crippen LogP contribution in [0.5, 0.6) is 5.75 Å². The highest BCUT2D eigenvalue weighted by Gasteiger charge is 2.14. The molecular formula is C10H7ClN2O2S. The molecule has 6 heteroatoms. The summed E-state index contributed by atoms with van der Waals surface area (Å²) in [5.74, 6) is -0.103. The minimum atomic E-state index is -0.520. The van der Waals surface area contributed by atoms with Gasteiger partial charge in [-0.2, -0.15) is 4.37 Å². The maximum absolute atomic E-state index is 11.6. The molecule has 0 fully saturated rings. The molecule has 0 unspecified atom stereocenters. The minimum absolute atomic E-state index is 0.278. The molecule has 82 valence electrons. The molecule has 16 heavy (non-hydrogen) atoms. The highest BCUT2D eigenvalue weighted by atomic mass is 35.5. The van der Waals surface area contributed by atoms with Crippen LogP contribution in [0.2, 0.25) is 5.02 Å². The standard InChI is InChI=1S/C10H7ClN2O2S/c11-6-1-3-7(4-2-6)15-10(14)8-5-13-16-9(8)12/h1-5H,12H2. The molecule has 2 rings (SSSR count). The van der Waals surface area contributed by atoms with Gasteiger partial charge in [0.2, 0.25) is 0 Å². The molecule has 0 radical (unpaired) electrons. The second-order valence-electron chi connectivity index (χ2n) is 2.95. The number of halogens is 1. The van der Waals surface area contributed by atoms with Gasteiger partial charge in [-0.25, -0.2) is 4.79 Å². The van der Waals surface area contributed by atoms with Crippen molar-refractivity contribution in [3.63, 3.8) is 0 Å². The predicted molar refractivity (Wildman–Crippen MR) is 62.9 cm³/mol. The van der Waals surface area contributed by atoms with Gasteiger partial charge in [-0.05, 0) is 35.8 Å². The number of benzene rings is 1. The van der Waals surface area contributed by atoms with Gasteiger partial charge in [0, 0.05) is 5.02 Å². The number of hydrogen-bond donors (Lipinski definition) is 1. The SMILES string of the molecule is Nc1sncc1C(=O)Oc1ccc(Cl)cc1. The first-order valence-corrected chi connectivity index (χ1v) is 5.50. The van der Waals surface area contributed by atoms with Crippen molar-refractivity contribution in [2.75, 3.05) is 5.73 Å². The van der Waals surface area contributed by atoms with Crippen LogP contribution in [0.4, 0.5) is 5.00 Å². The number of nitrogens with zero attached hydrogens (tertiary/aromatic N) is 1. The maximum Gasteiger partial charge on any atom is 0.348 e. The van der Waals surface area contributed by atoms with Gasteiger partial charge in [0.05, 0.1) is 6.20 Å². The van der Waals surface area contributed by atoms with Crippen molar-refractivity contribution in [3.8, 4) is 5.75 Å². The fourth-order valence-electron chi connectivity index (χ4n) is 1.07. The first-order valence-electron chi connectivity index (χ1n) is 4.34. The van der Waals surface area contributed by atoms with E-state index in [0.717, 1.165) is 11.5 Å². The molecule has 0 atom stereocenters. The molecule has 4 nitrogen and oxygen atoms in total. The van der Waals surface area contributed by atoms with Gasteiger partial charge in [-0.15, -0.1) is 0 Å². The summed E-state index contributed by atoms with van der Waals surface area (Å²) in [6.07, 6.45) is 1.39. The largest absolute Gasteiger partial charge is 0.423 e. The Labute approximate surface area is 101 Å². The summed E-state index contributed by atoms with van der Waals surface area (Å²) in [6.45, 7) is 0. The van der Waals surface area contributed by atoms with E-state index in [1.165, 1.54) is 6.20 Å². The fourth-order valence-corrected chi connectivity index (χ4v) is 1.70. The van der Waals surface area contributed by atoms with Crippen molar-refractivity contribution >= 4 is 34.1 Å². The minimum Gasteiger partial charge on any atom is -0.423 e. The Balaban J connectivity index is 2.14. The molecule has 2 aromatic rings. The van der Waals surface area contributed by atoms with Crippen LogP contribution in [0.15, 0.2) is 30.5 Å². The number of ether oxygens (including phenoxy) is 1. The molecule has 0 aliphatic rings. The van der Waals surface area contributed by atoms with E-state index in [2.05, 4.69) is 4.37 Å². The van der Waals surface area contributed by atoms with Gasteiger partial charge < -0.3 is 10.5 Å². The fraction of sp³-hybridized carbons (Fsp3) is 0. The molecule has 0 spiro atoms. The first kappa shape index (κ1) is 10.9. The number of rotatable bonds is 2. The smallest absolute Gasteiger partial charge is 0.348 e. The van der Waals surface area contributed by atoms with Crippen LogP contribution >= 0.6 is 23.1 Å². The summed E-state index contributed by atoms with van der Waals surface area (Å²) in [7, 11) is 0. The van der Waals surface area contributed by atoms with Crippen molar-refractivity contribution < 1.29 is 9.53 Å². The summed E-state index contributed by atoms with van der Waals surface area (Å²) < 4.78 is 8.88. The van der Waals surface area contributed by atoms with E-state index < -0.39 is 5.97 Å². The zero-order valence-corrected chi connectivity index (χ0v) is 9.59. The molecule has 2 N–H and O–H groups in total. The lowest BCUT2D eigenvalue weighted by Gasteiger charge is -2.02. The molecule has 0 aliphatic carbocycles. The number of anilines is 1. The van der Waals surface area contributed by atoms with Crippen LogP contribution < -0.4 is 10.5 Å². The Morgan fingerprint density at radius 2 is 2.06 bits per heavy atom. The third-order valence-electron chi connectivity index (χ3n) is 1.84. The van der Waals surface area contributed by atoms with E-state index >= 15 is 0 Å². The Hall–Kier alpha value is -1.59. The van der Waals surface area contributed by atoms with E-state index in [1.54, 1.807) is 24.3 Å². The number of esters is 1. The Morgan fingerprint density at radius 1 is 1.38 bits per heavy atom. The zero-order valence-electron chi connectivity index (χ0n) is 8.01. The van der Waals surface area contributed by atoms with Gasteiger partial charge in [-0.3, -0.25) is 0 Å². The number of nitrogen functional groups attached to an aromatic ring is 1. The van der Waals surface area contributed by atoms with E-state index in [0.29, 0.717) is 15.8 Å². The monoisotopic (exact) mass is 254 g/mol. The third kappa shape index (κ3) is 2.32. The highest BCUT2D eigenvalue weighted by Crippen LogP contribution is 2.20. The van der Waals surface area contributed by atoms with Crippen molar-refractivity contribution in [2.24, 2.45) is 0 Å². The molecular weight excluding hydrogens is 248 g/mol. The third-order valence-corrected chi connectivity index (χ3v) is 2.72. The molecule has 0 saturated carbocycles. The van der Waals surface area contributed by atoms with E-state index in [4.69, 9.17) is 22.1 Å². The summed E-state index contributed by atoms with van der Waals surface area (Å²) in [5, 5.41) is 0.926. The van der Waals surface area contributed by atoms with E-state index in [1.807, 2.05) is 0 Å². The Bertz CT molecular complexity index is 510. The van der Waals surface area contributed by atoms with Crippen LogP contribution in [0.3, 0.4) is 0 Å². The number of carbonyl (C=O) groups excluding carboxylic acids is 1. The van der Waals surface area contributed by atoms with Gasteiger partial charge in [0.15, 0.2) is 0 Å². The number of hydrogen-bond acceptors (Lipinski definition) is 5. The average Bonchev–Trinajstić information content (AvgIpc) is 2.68. The number of aromatic nitrogens is 1. The van der Waals surface area contributed by atoms with Crippen molar-refractivity contribution in [3.05, 3.63) is 41.0 Å². The topological polar surface area (TPSA) is 65.2 Å². The van der Waals surface area contributed by atoms with Gasteiger partial charge in [-0.1, -0.05) is 11.6 Å². The zero-order chi connectivity index (χ0) is 11.5. The lowest BCUT2D eigenvalue weighted by atomic mass is 10.3. The second kappa shape index (κ2) is 4.51. The first-order chi connectivity index (χ1) is 7.66. The lowest BCUT2D eigenvalue weighted by molar-refractivity contribution is 0.0736. The second-order valence-corrected chi connectivity index (χ2v) is 4.22. The molecule has 0 aliphatic heterocycles. The van der Waals surface area contributed by atoms with Gasteiger partial charge in [0.1, 0.15) is 16.3 Å². The molecule has 0 saturated heterocycles. The van der Waals surface area contributed by atoms with Crippen LogP contribution in [-0.2, 0) is 0 Å². The van der Waals surface area contributed by atoms with Crippen molar-refractivity contribution in [1.82, 2.24) is 4.37 Å². The summed E-state index contributed by atoms with van der Waals surface area (Å²) >= 11 is 6.76. The number of nitrogens with two attached hydrogens (primary N) is 1. The average molecular weight is 255 g/mol. The Morgan fingerprint density at radius 3 is 2.62 bits per heavy atom. The molecule has 1 aromatic heterocycles. The predicted octanol–water partition coefficient (Wildman–Crippen LogP) is 2.60. The van der Waals surface area contributed by atoms with Crippen molar-refractivity contribution in [2.45, 2.75) is 0 Å². The lowest BCUT2D eigenvalue weighted by Crippen LogP contribution is -2.09. The van der Waals surface area contributed by atoms with Crippen molar-refractivity contribution in [1.29, 1.82) is 0 Å². The van der Waals surface area contributed by atoms with E-state index in [-0.39, 0.29) is 5.56 Å². The molecule has 1 heterocycles. The van der Waals surface area contributed by atoms with Crippen LogP contribution in [0.1, 0.15) is 10.4 Å². The van der Waals surface area contributed by atoms with E-state index in [9.17, 15) is 4.79 Å². The summed E-state index contributed by atoms with van der Waals surface area (Å²) in [4.78, 5) is 11.6. The highest BCUT2D eigenvalue weighted by molar-refractivity contribution is 7.10. The van der Waals surface area contributed by atoms with Crippen LogP contribution in [0, 0.1) is 0 Å². The molecule has 1 aromatic carbocycles. The van der Waals surface area contributed by atoms with Crippen LogP contribution in [0.25, 0.3) is 0 Å². The quantitative estimate of drug-likeness (QED) is 0.661. The number of carbonyl (C=O) groups is 1. The van der Waals surface area contributed by atoms with Gasteiger partial charge in [0.25, 0.3) is 0 Å². The maximum atomic E-state index is 11.6. The van der Waals surface area contributed by atoms with Gasteiger partial charge >= 0.3 is 5.97 Å². The summed E-state index contributed by atoms with van der Waals surface area (Å²) in [6, 6.07) is 6.49. The normalized spacial score (nSPS) is 10.1.